The van der Waals surface area contributed by atoms with Crippen molar-refractivity contribution in [3.05, 3.63) is 0 Å². The molecule has 0 heterocycles. The van der Waals surface area contributed by atoms with Gasteiger partial charge in [0.05, 0.1) is 13.4 Å². The van der Waals surface area contributed by atoms with Crippen LogP contribution in [0, 0.1) is 0 Å². The van der Waals surface area contributed by atoms with Crippen molar-refractivity contribution in [3.8, 4) is 0 Å². The summed E-state index contributed by atoms with van der Waals surface area (Å²) in [4.78, 5) is 0. The Kier molecular flexibility index (Phi) is 9.73. The van der Waals surface area contributed by atoms with Gasteiger partial charge in [0, 0.05) is 0 Å². The fourth-order valence-electron chi connectivity index (χ4n) is 1.57. The third-order valence-corrected chi connectivity index (χ3v) is 5.95. The maximum Gasteiger partial charge on any atom is 0.158 e. The van der Waals surface area contributed by atoms with E-state index in [9.17, 15) is 0 Å². The molecule has 0 aromatic heterocycles. The zero-order valence-corrected chi connectivity index (χ0v) is 10.8. The number of rotatable bonds is 10. The normalized spacial score (nSPS) is 12.0. The molecule has 15 heavy (non-hydrogen) atoms. The molecule has 0 aliphatic rings. The molecule has 0 saturated carbocycles. The van der Waals surface area contributed by atoms with E-state index in [4.69, 9.17) is 15.3 Å². The van der Waals surface area contributed by atoms with Gasteiger partial charge in [-0.1, -0.05) is 32.6 Å². The van der Waals surface area contributed by atoms with Crippen LogP contribution in [-0.4, -0.2) is 40.5 Å². The van der Waals surface area contributed by atoms with Crippen molar-refractivity contribution < 1.29 is 15.3 Å². The maximum absolute atomic E-state index is 9.15. The largest absolute Gasteiger partial charge is 0.362 e. The Morgan fingerprint density at radius 1 is 0.733 bits per heavy atom. The van der Waals surface area contributed by atoms with Crippen LogP contribution in [0.15, 0.2) is 0 Å². The van der Waals surface area contributed by atoms with E-state index >= 15 is 0 Å². The van der Waals surface area contributed by atoms with Gasteiger partial charge in [0.2, 0.25) is 0 Å². The van der Waals surface area contributed by atoms with Gasteiger partial charge < -0.3 is 15.3 Å². The molecule has 0 aliphatic carbocycles. The summed E-state index contributed by atoms with van der Waals surface area (Å²) in [6.45, 7) is 2.19. The molecule has 4 heteroatoms. The van der Waals surface area contributed by atoms with Crippen LogP contribution in [0.3, 0.4) is 0 Å². The number of unbranched alkanes of at least 4 members (excludes halogenated alkanes) is 5. The second kappa shape index (κ2) is 9.53. The van der Waals surface area contributed by atoms with Gasteiger partial charge in [0.25, 0.3) is 0 Å². The van der Waals surface area contributed by atoms with E-state index in [1.165, 1.54) is 25.7 Å². The van der Waals surface area contributed by atoms with Crippen LogP contribution >= 0.6 is 7.26 Å². The van der Waals surface area contributed by atoms with Gasteiger partial charge in [-0.05, 0) is 12.8 Å². The molecule has 0 amide bonds. The SMILES string of the molecule is CCCCCCCC[P+](CO)(CO)CO. The first-order valence-corrected chi connectivity index (χ1v) is 8.45. The molecule has 0 radical (unpaired) electrons. The second-order valence-corrected chi connectivity index (χ2v) is 8.24. The predicted octanol–water partition coefficient (Wildman–Crippen LogP) is 2.21. The monoisotopic (exact) mass is 237 g/mol. The smallest absolute Gasteiger partial charge is 0.158 e. The van der Waals surface area contributed by atoms with Crippen LogP contribution in [0.5, 0.6) is 0 Å². The molecule has 0 aromatic rings. The van der Waals surface area contributed by atoms with E-state index in [0.29, 0.717) is 0 Å². The first-order chi connectivity index (χ1) is 7.24. The van der Waals surface area contributed by atoms with Crippen LogP contribution in [0.25, 0.3) is 0 Å². The molecule has 0 rings (SSSR count). The summed E-state index contributed by atoms with van der Waals surface area (Å²) in [5.41, 5.74) is 0. The molecule has 3 nitrogen and oxygen atoms in total. The summed E-state index contributed by atoms with van der Waals surface area (Å²) in [7, 11) is -1.83. The second-order valence-electron chi connectivity index (χ2n) is 4.26. The zero-order chi connectivity index (χ0) is 11.6. The van der Waals surface area contributed by atoms with Crippen molar-refractivity contribution in [1.29, 1.82) is 0 Å². The van der Waals surface area contributed by atoms with Gasteiger partial charge in [0.15, 0.2) is 19.0 Å². The first-order valence-electron chi connectivity index (χ1n) is 5.92. The average molecular weight is 237 g/mol. The van der Waals surface area contributed by atoms with Crippen LogP contribution in [0.1, 0.15) is 45.4 Å². The lowest BCUT2D eigenvalue weighted by Gasteiger charge is -2.19. The predicted molar refractivity (Wildman–Crippen MR) is 66.4 cm³/mol. The van der Waals surface area contributed by atoms with Crippen molar-refractivity contribution in [1.82, 2.24) is 0 Å². The molecule has 0 atom stereocenters. The van der Waals surface area contributed by atoms with Gasteiger partial charge in [-0.15, -0.1) is 0 Å². The summed E-state index contributed by atoms with van der Waals surface area (Å²) in [5, 5.41) is 27.4. The van der Waals surface area contributed by atoms with Gasteiger partial charge in [0.1, 0.15) is 0 Å². The van der Waals surface area contributed by atoms with Crippen molar-refractivity contribution in [2.45, 2.75) is 45.4 Å². The molecule has 92 valence electrons. The van der Waals surface area contributed by atoms with E-state index in [2.05, 4.69) is 6.92 Å². The summed E-state index contributed by atoms with van der Waals surface area (Å²) < 4.78 is 0. The fraction of sp³-hybridized carbons (Fsp3) is 1.00. The Bertz CT molecular complexity index is 130. The van der Waals surface area contributed by atoms with Gasteiger partial charge in [-0.2, -0.15) is 0 Å². The molecule has 0 fully saturated rings. The summed E-state index contributed by atoms with van der Waals surface area (Å²) >= 11 is 0. The fourth-order valence-corrected chi connectivity index (χ4v) is 3.16. The highest BCUT2D eigenvalue weighted by Crippen LogP contribution is 2.56. The Morgan fingerprint density at radius 2 is 1.20 bits per heavy atom. The third-order valence-electron chi connectivity index (χ3n) is 2.89. The Balaban J connectivity index is 3.54. The van der Waals surface area contributed by atoms with Crippen LogP contribution < -0.4 is 0 Å². The maximum atomic E-state index is 9.15. The van der Waals surface area contributed by atoms with Gasteiger partial charge in [-0.3, -0.25) is 0 Å². The molecule has 3 N–H and O–H groups in total. The van der Waals surface area contributed by atoms with E-state index in [1.807, 2.05) is 0 Å². The average Bonchev–Trinajstić information content (AvgIpc) is 2.29. The lowest BCUT2D eigenvalue weighted by Crippen LogP contribution is -2.11. The Hall–Kier alpha value is 0.310. The molecular formula is C11H26O3P+. The van der Waals surface area contributed by atoms with Crippen LogP contribution in [0.4, 0.5) is 0 Å². The Labute approximate surface area is 93.9 Å². The summed E-state index contributed by atoms with van der Waals surface area (Å²) in [5.74, 6) is 0. The van der Waals surface area contributed by atoms with Crippen molar-refractivity contribution in [2.24, 2.45) is 0 Å². The molecule has 0 unspecified atom stereocenters. The lowest BCUT2D eigenvalue weighted by atomic mass is 10.1. The number of aliphatic hydroxyl groups is 3. The van der Waals surface area contributed by atoms with E-state index < -0.39 is 7.26 Å². The number of hydrogen-bond donors (Lipinski definition) is 3. The first kappa shape index (κ1) is 15.3. The van der Waals surface area contributed by atoms with Crippen LogP contribution in [0.2, 0.25) is 0 Å². The molecule has 0 aromatic carbocycles. The molecule has 0 bridgehead atoms. The summed E-state index contributed by atoms with van der Waals surface area (Å²) in [6.07, 6.45) is 8.00. The highest BCUT2D eigenvalue weighted by atomic mass is 31.2. The highest BCUT2D eigenvalue weighted by Gasteiger charge is 2.34. The van der Waals surface area contributed by atoms with E-state index in [0.717, 1.165) is 19.0 Å². The molecule has 0 spiro atoms. The highest BCUT2D eigenvalue weighted by molar-refractivity contribution is 7.75. The summed E-state index contributed by atoms with van der Waals surface area (Å²) in [6, 6.07) is 0. The molecular weight excluding hydrogens is 211 g/mol. The zero-order valence-electron chi connectivity index (χ0n) is 9.86. The van der Waals surface area contributed by atoms with E-state index in [-0.39, 0.29) is 19.0 Å². The van der Waals surface area contributed by atoms with Crippen molar-refractivity contribution in [2.75, 3.05) is 25.2 Å². The van der Waals surface area contributed by atoms with E-state index in [1.54, 1.807) is 0 Å². The lowest BCUT2D eigenvalue weighted by molar-refractivity contribution is 0.311. The van der Waals surface area contributed by atoms with Crippen LogP contribution in [-0.2, 0) is 0 Å². The minimum atomic E-state index is -1.83. The third kappa shape index (κ3) is 6.47. The van der Waals surface area contributed by atoms with Gasteiger partial charge in [-0.25, -0.2) is 0 Å². The topological polar surface area (TPSA) is 60.7 Å². The standard InChI is InChI=1S/C11H26O3P/c1-2-3-4-5-6-7-8-15(9-12,10-13)11-14/h12-14H,2-11H2,1H3/q+1. The number of hydrogen-bond acceptors (Lipinski definition) is 3. The minimum absolute atomic E-state index is 0.0189. The minimum Gasteiger partial charge on any atom is -0.362 e. The van der Waals surface area contributed by atoms with Crippen molar-refractivity contribution in [3.63, 3.8) is 0 Å². The molecule has 0 aliphatic heterocycles. The van der Waals surface area contributed by atoms with Gasteiger partial charge >= 0.3 is 0 Å². The quantitative estimate of drug-likeness (QED) is 0.403. The Morgan fingerprint density at radius 3 is 1.67 bits per heavy atom. The van der Waals surface area contributed by atoms with Crippen molar-refractivity contribution >= 4 is 7.26 Å². The number of aliphatic hydroxyl groups excluding tert-OH is 3. The molecule has 0 saturated heterocycles.